The molecule has 0 radical (unpaired) electrons. The molecule has 0 aromatic heterocycles. The third-order valence-corrected chi connectivity index (χ3v) is 2.91. The average molecular weight is 301 g/mol. The number of hydrogen-bond donors (Lipinski definition) is 4. The van der Waals surface area contributed by atoms with Gasteiger partial charge in [-0.3, -0.25) is 9.59 Å². The summed E-state index contributed by atoms with van der Waals surface area (Å²) in [5.74, 6) is -0.913. The number of benzene rings is 1. The second-order valence-electron chi connectivity index (χ2n) is 4.61. The second-order valence-corrected chi connectivity index (χ2v) is 5.05. The lowest BCUT2D eigenvalue weighted by atomic mass is 10.1. The minimum Gasteiger partial charge on any atom is -0.394 e. The van der Waals surface area contributed by atoms with Gasteiger partial charge in [0.2, 0.25) is 5.91 Å². The summed E-state index contributed by atoms with van der Waals surface area (Å²) in [4.78, 5) is 23.3. The Hall–Kier alpha value is -1.63. The second kappa shape index (κ2) is 7.23. The van der Waals surface area contributed by atoms with Gasteiger partial charge in [-0.15, -0.1) is 0 Å². The number of nitrogens with one attached hydrogen (secondary N) is 2. The first-order chi connectivity index (χ1) is 9.40. The van der Waals surface area contributed by atoms with Crippen LogP contribution in [-0.4, -0.2) is 47.3 Å². The van der Waals surface area contributed by atoms with E-state index in [1.54, 1.807) is 24.3 Å². The van der Waals surface area contributed by atoms with Crippen LogP contribution in [0.3, 0.4) is 0 Å². The molecule has 6 nitrogen and oxygen atoms in total. The first-order valence-electron chi connectivity index (χ1n) is 5.97. The Kier molecular flexibility index (Phi) is 5.94. The van der Waals surface area contributed by atoms with Gasteiger partial charge in [0.15, 0.2) is 0 Å². The molecule has 110 valence electrons. The van der Waals surface area contributed by atoms with E-state index in [9.17, 15) is 9.59 Å². The van der Waals surface area contributed by atoms with Crippen LogP contribution in [0.4, 0.5) is 0 Å². The molecule has 0 unspecified atom stereocenters. The van der Waals surface area contributed by atoms with Crippen molar-refractivity contribution < 1.29 is 19.8 Å². The monoisotopic (exact) mass is 300 g/mol. The number of carbonyl (C=O) groups is 2. The molecular formula is C13H17ClN2O4. The fourth-order valence-electron chi connectivity index (χ4n) is 1.37. The summed E-state index contributed by atoms with van der Waals surface area (Å²) in [5, 5.41) is 23.5. The Balaban J connectivity index is 2.49. The lowest BCUT2D eigenvalue weighted by molar-refractivity contribution is -0.123. The third-order valence-electron chi connectivity index (χ3n) is 2.66. The molecule has 0 saturated heterocycles. The summed E-state index contributed by atoms with van der Waals surface area (Å²) in [6.45, 7) is 0.434. The molecule has 0 atom stereocenters. The smallest absolute Gasteiger partial charge is 0.251 e. The van der Waals surface area contributed by atoms with Crippen molar-refractivity contribution in [1.29, 1.82) is 0 Å². The first kappa shape index (κ1) is 16.4. The number of amides is 2. The zero-order valence-corrected chi connectivity index (χ0v) is 11.8. The molecule has 0 heterocycles. The van der Waals surface area contributed by atoms with Crippen LogP contribution in [0.2, 0.25) is 5.02 Å². The summed E-state index contributed by atoms with van der Waals surface area (Å²) >= 11 is 5.71. The van der Waals surface area contributed by atoms with Crippen molar-refractivity contribution in [1.82, 2.24) is 10.6 Å². The summed E-state index contributed by atoms with van der Waals surface area (Å²) < 4.78 is 0. The van der Waals surface area contributed by atoms with Gasteiger partial charge in [0.25, 0.3) is 5.91 Å². The van der Waals surface area contributed by atoms with Crippen molar-refractivity contribution in [2.24, 2.45) is 0 Å². The molecule has 0 aliphatic heterocycles. The van der Waals surface area contributed by atoms with E-state index >= 15 is 0 Å². The predicted octanol–water partition coefficient (Wildman–Crippen LogP) is -0.0707. The zero-order chi connectivity index (χ0) is 15.2. The molecule has 0 saturated carbocycles. The molecule has 20 heavy (non-hydrogen) atoms. The van der Waals surface area contributed by atoms with Crippen LogP contribution in [0.25, 0.3) is 0 Å². The average Bonchev–Trinajstić information content (AvgIpc) is 2.45. The Labute approximate surface area is 121 Å². The van der Waals surface area contributed by atoms with Crippen LogP contribution in [0, 0.1) is 0 Å². The van der Waals surface area contributed by atoms with Gasteiger partial charge in [-0.1, -0.05) is 11.6 Å². The highest BCUT2D eigenvalue weighted by atomic mass is 35.5. The van der Waals surface area contributed by atoms with Gasteiger partial charge in [0.1, 0.15) is 0 Å². The molecule has 1 aromatic rings. The zero-order valence-electron chi connectivity index (χ0n) is 11.0. The van der Waals surface area contributed by atoms with Crippen molar-refractivity contribution in [2.75, 3.05) is 19.8 Å². The van der Waals surface area contributed by atoms with Crippen LogP contribution in [-0.2, 0) is 4.79 Å². The van der Waals surface area contributed by atoms with Gasteiger partial charge >= 0.3 is 0 Å². The maximum atomic E-state index is 11.7. The normalized spacial score (nSPS) is 11.0. The van der Waals surface area contributed by atoms with Gasteiger partial charge in [-0.25, -0.2) is 0 Å². The molecule has 4 N–H and O–H groups in total. The van der Waals surface area contributed by atoms with Gasteiger partial charge in [0.05, 0.1) is 25.3 Å². The SMILES string of the molecule is CC(CO)(CO)NC(=O)CNC(=O)c1ccc(Cl)cc1. The Morgan fingerprint density at radius 3 is 2.25 bits per heavy atom. The lowest BCUT2D eigenvalue weighted by Gasteiger charge is -2.26. The van der Waals surface area contributed by atoms with Crippen LogP contribution in [0.15, 0.2) is 24.3 Å². The number of aliphatic hydroxyl groups excluding tert-OH is 2. The Morgan fingerprint density at radius 1 is 1.20 bits per heavy atom. The van der Waals surface area contributed by atoms with E-state index < -0.39 is 30.6 Å². The van der Waals surface area contributed by atoms with Crippen molar-refractivity contribution in [3.63, 3.8) is 0 Å². The minimum atomic E-state index is -1.11. The van der Waals surface area contributed by atoms with Crippen molar-refractivity contribution in [2.45, 2.75) is 12.5 Å². The number of carbonyl (C=O) groups excluding carboxylic acids is 2. The van der Waals surface area contributed by atoms with Crippen molar-refractivity contribution in [3.8, 4) is 0 Å². The molecule has 1 aromatic carbocycles. The molecule has 2 amide bonds. The molecular weight excluding hydrogens is 284 g/mol. The molecule has 7 heteroatoms. The number of hydrogen-bond acceptors (Lipinski definition) is 4. The minimum absolute atomic E-state index is 0.253. The number of aliphatic hydroxyl groups is 2. The molecule has 1 rings (SSSR count). The Bertz CT molecular complexity index is 472. The fourth-order valence-corrected chi connectivity index (χ4v) is 1.50. The maximum absolute atomic E-state index is 11.7. The standard InChI is InChI=1S/C13H17ClN2O4/c1-13(7-17,8-18)16-11(19)6-15-12(20)9-2-4-10(14)5-3-9/h2-5,17-18H,6-8H2,1H3,(H,15,20)(H,16,19). The quantitative estimate of drug-likeness (QED) is 0.591. The number of halogens is 1. The van der Waals surface area contributed by atoms with Crippen LogP contribution >= 0.6 is 11.6 Å². The third kappa shape index (κ3) is 4.80. The van der Waals surface area contributed by atoms with E-state index in [0.717, 1.165) is 0 Å². The first-order valence-corrected chi connectivity index (χ1v) is 6.34. The molecule has 0 fully saturated rings. The van der Waals surface area contributed by atoms with E-state index in [0.29, 0.717) is 10.6 Å². The lowest BCUT2D eigenvalue weighted by Crippen LogP contribution is -2.54. The van der Waals surface area contributed by atoms with Crippen LogP contribution in [0.1, 0.15) is 17.3 Å². The van der Waals surface area contributed by atoms with Gasteiger partial charge in [0, 0.05) is 10.6 Å². The molecule has 0 spiro atoms. The highest BCUT2D eigenvalue weighted by Crippen LogP contribution is 2.09. The summed E-state index contributed by atoms with van der Waals surface area (Å²) in [6, 6.07) is 6.23. The van der Waals surface area contributed by atoms with Gasteiger partial charge in [-0.05, 0) is 31.2 Å². The van der Waals surface area contributed by atoms with Gasteiger partial charge in [-0.2, -0.15) is 0 Å². The largest absolute Gasteiger partial charge is 0.394 e. The fraction of sp³-hybridized carbons (Fsp3) is 0.385. The summed E-state index contributed by atoms with van der Waals surface area (Å²) in [5.41, 5.74) is -0.725. The van der Waals surface area contributed by atoms with Crippen LogP contribution < -0.4 is 10.6 Å². The highest BCUT2D eigenvalue weighted by Gasteiger charge is 2.24. The molecule has 0 aliphatic carbocycles. The highest BCUT2D eigenvalue weighted by molar-refractivity contribution is 6.30. The van der Waals surface area contributed by atoms with E-state index in [2.05, 4.69) is 10.6 Å². The van der Waals surface area contributed by atoms with E-state index in [1.165, 1.54) is 6.92 Å². The van der Waals surface area contributed by atoms with Crippen LogP contribution in [0.5, 0.6) is 0 Å². The van der Waals surface area contributed by atoms with E-state index in [4.69, 9.17) is 21.8 Å². The maximum Gasteiger partial charge on any atom is 0.251 e. The van der Waals surface area contributed by atoms with Crippen molar-refractivity contribution >= 4 is 23.4 Å². The topological polar surface area (TPSA) is 98.7 Å². The van der Waals surface area contributed by atoms with Crippen molar-refractivity contribution in [3.05, 3.63) is 34.9 Å². The summed E-state index contributed by atoms with van der Waals surface area (Å²) in [7, 11) is 0. The van der Waals surface area contributed by atoms with E-state index in [-0.39, 0.29) is 6.54 Å². The number of rotatable bonds is 6. The summed E-state index contributed by atoms with van der Waals surface area (Å²) in [6.07, 6.45) is 0. The predicted molar refractivity (Wildman–Crippen MR) is 74.5 cm³/mol. The van der Waals surface area contributed by atoms with Gasteiger partial charge < -0.3 is 20.8 Å². The molecule has 0 aliphatic rings. The van der Waals surface area contributed by atoms with E-state index in [1.807, 2.05) is 0 Å². The molecule has 0 bridgehead atoms. The Morgan fingerprint density at radius 2 is 1.75 bits per heavy atom.